The number of aliphatic imine (C=N–C) groups is 1. The molecule has 6 heteroatoms. The van der Waals surface area contributed by atoms with Crippen molar-refractivity contribution in [3.05, 3.63) is 0 Å². The first-order chi connectivity index (χ1) is 11.6. The summed E-state index contributed by atoms with van der Waals surface area (Å²) in [5, 5.41) is 6.54. The van der Waals surface area contributed by atoms with Gasteiger partial charge in [0.1, 0.15) is 0 Å². The Bertz CT molecular complexity index is 412. The molecule has 1 aliphatic heterocycles. The van der Waals surface area contributed by atoms with Crippen molar-refractivity contribution in [2.45, 2.75) is 52.0 Å². The van der Waals surface area contributed by atoms with Gasteiger partial charge in [-0.15, -0.1) is 0 Å². The number of piperazine rings is 1. The van der Waals surface area contributed by atoms with Crippen LogP contribution in [0.5, 0.6) is 0 Å². The van der Waals surface area contributed by atoms with E-state index in [0.29, 0.717) is 12.6 Å². The minimum absolute atomic E-state index is 0.179. The maximum Gasteiger partial charge on any atom is 0.234 e. The van der Waals surface area contributed by atoms with Crippen LogP contribution in [-0.2, 0) is 4.79 Å². The van der Waals surface area contributed by atoms with Crippen molar-refractivity contribution in [1.82, 2.24) is 20.4 Å². The number of hydrogen-bond acceptors (Lipinski definition) is 3. The van der Waals surface area contributed by atoms with Crippen LogP contribution in [0.15, 0.2) is 4.99 Å². The molecule has 138 valence electrons. The van der Waals surface area contributed by atoms with E-state index in [2.05, 4.69) is 39.3 Å². The zero-order valence-corrected chi connectivity index (χ0v) is 15.7. The first-order valence-corrected chi connectivity index (χ1v) is 9.55. The van der Waals surface area contributed by atoms with E-state index in [4.69, 9.17) is 0 Å². The number of nitrogens with zero attached hydrogens (tertiary/aromatic N) is 3. The summed E-state index contributed by atoms with van der Waals surface area (Å²) in [5.41, 5.74) is 0. The molecule has 1 saturated heterocycles. The molecule has 2 N–H and O–H groups in total. The van der Waals surface area contributed by atoms with Crippen LogP contribution in [0.4, 0.5) is 0 Å². The van der Waals surface area contributed by atoms with Gasteiger partial charge in [0.05, 0.1) is 6.54 Å². The molecule has 1 saturated carbocycles. The van der Waals surface area contributed by atoms with E-state index in [-0.39, 0.29) is 5.91 Å². The van der Waals surface area contributed by atoms with Gasteiger partial charge in [0.2, 0.25) is 5.91 Å². The van der Waals surface area contributed by atoms with Crippen molar-refractivity contribution in [3.8, 4) is 0 Å². The van der Waals surface area contributed by atoms with Crippen molar-refractivity contribution in [1.29, 1.82) is 0 Å². The molecule has 1 aliphatic carbocycles. The third-order valence-corrected chi connectivity index (χ3v) is 4.68. The van der Waals surface area contributed by atoms with E-state index in [1.165, 1.54) is 19.3 Å². The molecule has 2 fully saturated rings. The molecule has 0 radical (unpaired) electrons. The summed E-state index contributed by atoms with van der Waals surface area (Å²) in [6, 6.07) is 0.456. The summed E-state index contributed by atoms with van der Waals surface area (Å²) in [5.74, 6) is 1.97. The van der Waals surface area contributed by atoms with Crippen LogP contribution in [0.3, 0.4) is 0 Å². The summed E-state index contributed by atoms with van der Waals surface area (Å²) < 4.78 is 0. The van der Waals surface area contributed by atoms with E-state index in [1.54, 1.807) is 0 Å². The van der Waals surface area contributed by atoms with Gasteiger partial charge in [0.15, 0.2) is 5.96 Å². The van der Waals surface area contributed by atoms with Gasteiger partial charge in [0, 0.05) is 45.8 Å². The Morgan fingerprint density at radius 2 is 1.88 bits per heavy atom. The van der Waals surface area contributed by atoms with Crippen molar-refractivity contribution in [3.63, 3.8) is 0 Å². The molecular formula is C18H35N5O. The summed E-state index contributed by atoms with van der Waals surface area (Å²) >= 11 is 0. The molecular weight excluding hydrogens is 302 g/mol. The quantitative estimate of drug-likeness (QED) is 0.398. The molecule has 0 aromatic heterocycles. The van der Waals surface area contributed by atoms with Crippen LogP contribution in [0, 0.1) is 5.92 Å². The van der Waals surface area contributed by atoms with E-state index < -0.39 is 0 Å². The lowest BCUT2D eigenvalue weighted by atomic mass is 10.1. The second-order valence-electron chi connectivity index (χ2n) is 7.47. The number of guanidine groups is 1. The molecule has 0 bridgehead atoms. The van der Waals surface area contributed by atoms with Gasteiger partial charge in [-0.3, -0.25) is 14.7 Å². The molecule has 0 aromatic carbocycles. The zero-order chi connectivity index (χ0) is 17.4. The predicted molar refractivity (Wildman–Crippen MR) is 99.2 cm³/mol. The molecule has 0 unspecified atom stereocenters. The Labute approximate surface area is 147 Å². The van der Waals surface area contributed by atoms with Crippen molar-refractivity contribution in [2.24, 2.45) is 10.9 Å². The van der Waals surface area contributed by atoms with Gasteiger partial charge in [0.25, 0.3) is 0 Å². The minimum atomic E-state index is 0.179. The molecule has 6 nitrogen and oxygen atoms in total. The zero-order valence-electron chi connectivity index (χ0n) is 15.7. The van der Waals surface area contributed by atoms with Crippen LogP contribution in [-0.4, -0.2) is 74.0 Å². The fourth-order valence-electron chi connectivity index (χ4n) is 3.03. The number of rotatable bonds is 8. The van der Waals surface area contributed by atoms with Crippen molar-refractivity contribution >= 4 is 11.9 Å². The summed E-state index contributed by atoms with van der Waals surface area (Å²) in [6.45, 7) is 9.78. The average Bonchev–Trinajstić information content (AvgIpc) is 3.35. The highest BCUT2D eigenvalue weighted by Crippen LogP contribution is 2.18. The molecule has 2 aliphatic rings. The molecule has 1 amide bonds. The molecule has 0 spiro atoms. The maximum atomic E-state index is 11.9. The molecule has 0 aromatic rings. The highest BCUT2D eigenvalue weighted by atomic mass is 16.2. The van der Waals surface area contributed by atoms with Gasteiger partial charge in [-0.05, 0) is 25.2 Å². The third kappa shape index (κ3) is 7.07. The first kappa shape index (κ1) is 19.0. The van der Waals surface area contributed by atoms with E-state index in [0.717, 1.165) is 57.4 Å². The van der Waals surface area contributed by atoms with Gasteiger partial charge >= 0.3 is 0 Å². The number of amides is 1. The molecule has 1 heterocycles. The highest BCUT2D eigenvalue weighted by molar-refractivity contribution is 5.80. The fraction of sp³-hybridized carbons (Fsp3) is 0.889. The van der Waals surface area contributed by atoms with Gasteiger partial charge in [-0.2, -0.15) is 0 Å². The molecule has 24 heavy (non-hydrogen) atoms. The average molecular weight is 338 g/mol. The van der Waals surface area contributed by atoms with Crippen molar-refractivity contribution < 1.29 is 4.79 Å². The van der Waals surface area contributed by atoms with Crippen LogP contribution in [0.25, 0.3) is 0 Å². The third-order valence-electron chi connectivity index (χ3n) is 4.68. The van der Waals surface area contributed by atoms with E-state index in [9.17, 15) is 4.79 Å². The SMILES string of the molecule is CN=C(NCCCCC(C)C)N1CCN(CC(=O)NC2CC2)CC1. The monoisotopic (exact) mass is 337 g/mol. The second-order valence-corrected chi connectivity index (χ2v) is 7.47. The normalized spacial score (nSPS) is 19.7. The second kappa shape index (κ2) is 9.87. The minimum Gasteiger partial charge on any atom is -0.356 e. The van der Waals surface area contributed by atoms with Gasteiger partial charge in [-0.25, -0.2) is 0 Å². The predicted octanol–water partition coefficient (Wildman–Crippen LogP) is 1.28. The number of nitrogens with one attached hydrogen (secondary N) is 2. The Morgan fingerprint density at radius 1 is 1.17 bits per heavy atom. The summed E-state index contributed by atoms with van der Waals surface area (Å²) in [7, 11) is 1.85. The lowest BCUT2D eigenvalue weighted by Gasteiger charge is -2.36. The Hall–Kier alpha value is -1.30. The topological polar surface area (TPSA) is 60.0 Å². The number of carbonyl (C=O) groups excluding carboxylic acids is 1. The Balaban J connectivity index is 1.61. The lowest BCUT2D eigenvalue weighted by molar-refractivity contribution is -0.122. The van der Waals surface area contributed by atoms with Crippen LogP contribution >= 0.6 is 0 Å². The van der Waals surface area contributed by atoms with Crippen molar-refractivity contribution in [2.75, 3.05) is 46.3 Å². The Kier molecular flexibility index (Phi) is 7.82. The van der Waals surface area contributed by atoms with Crippen LogP contribution in [0.1, 0.15) is 46.0 Å². The van der Waals surface area contributed by atoms with E-state index in [1.807, 2.05) is 7.05 Å². The summed E-state index contributed by atoms with van der Waals surface area (Å²) in [4.78, 5) is 20.8. The standard InChI is InChI=1S/C18H35N5O/c1-15(2)6-4-5-9-20-18(19-3)23-12-10-22(11-13-23)14-17(24)21-16-7-8-16/h15-16H,4-14H2,1-3H3,(H,19,20)(H,21,24). The van der Waals surface area contributed by atoms with Gasteiger partial charge in [-0.1, -0.05) is 26.7 Å². The van der Waals surface area contributed by atoms with Crippen LogP contribution < -0.4 is 10.6 Å². The fourth-order valence-corrected chi connectivity index (χ4v) is 3.03. The first-order valence-electron chi connectivity index (χ1n) is 9.55. The highest BCUT2D eigenvalue weighted by Gasteiger charge is 2.25. The van der Waals surface area contributed by atoms with Crippen LogP contribution in [0.2, 0.25) is 0 Å². The lowest BCUT2D eigenvalue weighted by Crippen LogP contribution is -2.54. The maximum absolute atomic E-state index is 11.9. The number of hydrogen-bond donors (Lipinski definition) is 2. The summed E-state index contributed by atoms with van der Waals surface area (Å²) in [6.07, 6.45) is 6.06. The molecule has 2 rings (SSSR count). The smallest absolute Gasteiger partial charge is 0.234 e. The largest absolute Gasteiger partial charge is 0.356 e. The Morgan fingerprint density at radius 3 is 2.46 bits per heavy atom. The molecule has 0 atom stereocenters. The van der Waals surface area contributed by atoms with E-state index >= 15 is 0 Å². The number of unbranched alkanes of at least 4 members (excludes halogenated alkanes) is 1. The number of carbonyl (C=O) groups is 1. The van der Waals surface area contributed by atoms with Gasteiger partial charge < -0.3 is 15.5 Å².